The molecule has 0 saturated carbocycles. The molecule has 4 nitrogen and oxygen atoms in total. The highest BCUT2D eigenvalue weighted by Gasteiger charge is 2.19. The number of hydrogen-bond acceptors (Lipinski definition) is 3. The summed E-state index contributed by atoms with van der Waals surface area (Å²) in [6.07, 6.45) is 2.28. The molecule has 0 spiro atoms. The summed E-state index contributed by atoms with van der Waals surface area (Å²) in [6, 6.07) is 9.01. The van der Waals surface area contributed by atoms with Crippen LogP contribution in [-0.4, -0.2) is 18.0 Å². The van der Waals surface area contributed by atoms with Crippen molar-refractivity contribution in [1.29, 1.82) is 0 Å². The smallest absolute Gasteiger partial charge is 0.412 e. The monoisotopic (exact) mass is 217 g/mol. The van der Waals surface area contributed by atoms with Crippen molar-refractivity contribution in [2.45, 2.75) is 12.5 Å². The van der Waals surface area contributed by atoms with Gasteiger partial charge in [0.25, 0.3) is 0 Å². The van der Waals surface area contributed by atoms with Crippen LogP contribution in [0.1, 0.15) is 6.42 Å². The van der Waals surface area contributed by atoms with E-state index in [1.165, 1.54) is 6.08 Å². The minimum Gasteiger partial charge on any atom is -0.441 e. The number of ether oxygens (including phenoxy) is 1. The first-order chi connectivity index (χ1) is 7.74. The highest BCUT2D eigenvalue weighted by atomic mass is 16.6. The zero-order chi connectivity index (χ0) is 11.4. The Morgan fingerprint density at radius 1 is 1.31 bits per heavy atom. The number of amides is 1. The zero-order valence-electron chi connectivity index (χ0n) is 8.55. The van der Waals surface area contributed by atoms with Crippen molar-refractivity contribution in [3.05, 3.63) is 42.5 Å². The largest absolute Gasteiger partial charge is 0.441 e. The van der Waals surface area contributed by atoms with Gasteiger partial charge in [0.05, 0.1) is 6.42 Å². The fourth-order valence-electron chi connectivity index (χ4n) is 1.44. The van der Waals surface area contributed by atoms with Crippen molar-refractivity contribution >= 4 is 17.6 Å². The first-order valence-corrected chi connectivity index (χ1v) is 4.98. The van der Waals surface area contributed by atoms with Gasteiger partial charge in [0.1, 0.15) is 6.10 Å². The Balaban J connectivity index is 1.86. The number of nitrogens with one attached hydrogen (secondary N) is 1. The van der Waals surface area contributed by atoms with Crippen molar-refractivity contribution in [3.8, 4) is 0 Å². The molecule has 1 aromatic rings. The molecule has 0 bridgehead atoms. The number of benzene rings is 1. The average Bonchev–Trinajstić information content (AvgIpc) is 2.65. The van der Waals surface area contributed by atoms with Crippen LogP contribution in [0.5, 0.6) is 0 Å². The molecule has 1 N–H and O–H groups in total. The maximum Gasteiger partial charge on any atom is 0.412 e. The summed E-state index contributed by atoms with van der Waals surface area (Å²) >= 11 is 0. The number of ketones is 1. The first kappa shape index (κ1) is 10.4. The van der Waals surface area contributed by atoms with Gasteiger partial charge in [-0.1, -0.05) is 18.2 Å². The molecule has 0 saturated heterocycles. The Kier molecular flexibility index (Phi) is 3.00. The molecule has 1 unspecified atom stereocenters. The number of allylic oxidation sites excluding steroid dienone is 1. The Labute approximate surface area is 92.9 Å². The molecule has 1 aromatic carbocycles. The molecular formula is C12H11NO3. The van der Waals surface area contributed by atoms with Crippen LogP contribution in [0, 0.1) is 0 Å². The van der Waals surface area contributed by atoms with Gasteiger partial charge in [-0.2, -0.15) is 0 Å². The van der Waals surface area contributed by atoms with E-state index in [9.17, 15) is 9.59 Å². The lowest BCUT2D eigenvalue weighted by Crippen LogP contribution is -2.20. The van der Waals surface area contributed by atoms with Crippen LogP contribution in [0.3, 0.4) is 0 Å². The molecule has 82 valence electrons. The van der Waals surface area contributed by atoms with Crippen LogP contribution in [0.15, 0.2) is 42.5 Å². The Morgan fingerprint density at radius 2 is 2.06 bits per heavy atom. The predicted molar refractivity (Wildman–Crippen MR) is 59.1 cm³/mol. The normalized spacial score (nSPS) is 18.5. The van der Waals surface area contributed by atoms with E-state index >= 15 is 0 Å². The lowest BCUT2D eigenvalue weighted by molar-refractivity contribution is -0.114. The molecule has 0 heterocycles. The third-order valence-electron chi connectivity index (χ3n) is 2.18. The van der Waals surface area contributed by atoms with Gasteiger partial charge in [0.2, 0.25) is 0 Å². The fraction of sp³-hybridized carbons (Fsp3) is 0.167. The summed E-state index contributed by atoms with van der Waals surface area (Å²) in [5.41, 5.74) is 0.667. The number of carbonyl (C=O) groups excluding carboxylic acids is 2. The van der Waals surface area contributed by atoms with Gasteiger partial charge in [-0.25, -0.2) is 4.79 Å². The van der Waals surface area contributed by atoms with Gasteiger partial charge < -0.3 is 4.74 Å². The molecule has 0 aromatic heterocycles. The standard InChI is InChI=1S/C12H11NO3/c14-10-6-7-11(8-10)16-12(15)13-9-4-2-1-3-5-9/h1-7,11H,8H2,(H,13,15). The summed E-state index contributed by atoms with van der Waals surface area (Å²) in [4.78, 5) is 22.3. The van der Waals surface area contributed by atoms with Crippen molar-refractivity contribution in [2.24, 2.45) is 0 Å². The zero-order valence-corrected chi connectivity index (χ0v) is 8.55. The van der Waals surface area contributed by atoms with Gasteiger partial charge in [-0.3, -0.25) is 10.1 Å². The van der Waals surface area contributed by atoms with Gasteiger partial charge in [0.15, 0.2) is 5.78 Å². The molecule has 1 atom stereocenters. The van der Waals surface area contributed by atoms with Crippen LogP contribution >= 0.6 is 0 Å². The Bertz CT molecular complexity index is 425. The second kappa shape index (κ2) is 4.61. The molecule has 1 aliphatic rings. The lowest BCUT2D eigenvalue weighted by Gasteiger charge is -2.10. The van der Waals surface area contributed by atoms with Crippen molar-refractivity contribution < 1.29 is 14.3 Å². The molecule has 1 amide bonds. The summed E-state index contributed by atoms with van der Waals surface area (Å²) in [6.45, 7) is 0. The highest BCUT2D eigenvalue weighted by Crippen LogP contribution is 2.12. The van der Waals surface area contributed by atoms with Gasteiger partial charge >= 0.3 is 6.09 Å². The predicted octanol–water partition coefficient (Wildman–Crippen LogP) is 2.13. The lowest BCUT2D eigenvalue weighted by atomic mass is 10.3. The summed E-state index contributed by atoms with van der Waals surface area (Å²) in [5, 5.41) is 2.58. The van der Waals surface area contributed by atoms with Crippen LogP contribution in [0.25, 0.3) is 0 Å². The van der Waals surface area contributed by atoms with Crippen molar-refractivity contribution in [2.75, 3.05) is 5.32 Å². The molecule has 1 aliphatic carbocycles. The molecular weight excluding hydrogens is 206 g/mol. The number of rotatable bonds is 2. The summed E-state index contributed by atoms with van der Waals surface area (Å²) in [5.74, 6) is -0.0162. The average molecular weight is 217 g/mol. The quantitative estimate of drug-likeness (QED) is 0.825. The summed E-state index contributed by atoms with van der Waals surface area (Å²) in [7, 11) is 0. The van der Waals surface area contributed by atoms with E-state index in [-0.39, 0.29) is 12.2 Å². The summed E-state index contributed by atoms with van der Waals surface area (Å²) < 4.78 is 5.03. The molecule has 0 radical (unpaired) electrons. The number of hydrogen-bond donors (Lipinski definition) is 1. The van der Waals surface area contributed by atoms with Crippen LogP contribution < -0.4 is 5.32 Å². The van der Waals surface area contributed by atoms with E-state index in [0.29, 0.717) is 5.69 Å². The van der Waals surface area contributed by atoms with Crippen molar-refractivity contribution in [1.82, 2.24) is 0 Å². The maximum atomic E-state index is 11.4. The number of carbonyl (C=O) groups is 2. The minimum atomic E-state index is -0.546. The first-order valence-electron chi connectivity index (χ1n) is 4.98. The van der Waals surface area contributed by atoms with Crippen molar-refractivity contribution in [3.63, 3.8) is 0 Å². The third kappa shape index (κ3) is 2.70. The Hall–Kier alpha value is -2.10. The maximum absolute atomic E-state index is 11.4. The highest BCUT2D eigenvalue weighted by molar-refractivity contribution is 5.93. The van der Waals surface area contributed by atoms with E-state index in [0.717, 1.165) is 0 Å². The number of para-hydroxylation sites is 1. The second-order valence-electron chi connectivity index (χ2n) is 3.46. The second-order valence-corrected chi connectivity index (χ2v) is 3.46. The number of anilines is 1. The van der Waals surface area contributed by atoms with E-state index in [2.05, 4.69) is 5.32 Å². The molecule has 0 aliphatic heterocycles. The fourth-order valence-corrected chi connectivity index (χ4v) is 1.44. The topological polar surface area (TPSA) is 55.4 Å². The van der Waals surface area contributed by atoms with E-state index < -0.39 is 12.2 Å². The van der Waals surface area contributed by atoms with Crippen LogP contribution in [0.2, 0.25) is 0 Å². The molecule has 0 fully saturated rings. The Morgan fingerprint density at radius 3 is 2.69 bits per heavy atom. The molecule has 4 heteroatoms. The van der Waals surface area contributed by atoms with E-state index in [1.807, 2.05) is 18.2 Å². The van der Waals surface area contributed by atoms with Gasteiger partial charge in [0, 0.05) is 5.69 Å². The van der Waals surface area contributed by atoms with E-state index in [4.69, 9.17) is 4.74 Å². The minimum absolute atomic E-state index is 0.0162. The third-order valence-corrected chi connectivity index (χ3v) is 2.18. The molecule has 16 heavy (non-hydrogen) atoms. The van der Waals surface area contributed by atoms with E-state index in [1.54, 1.807) is 18.2 Å². The molecule has 2 rings (SSSR count). The SMILES string of the molecule is O=C1C=CC(OC(=O)Nc2ccccc2)C1. The van der Waals surface area contributed by atoms with Crippen LogP contribution in [0.4, 0.5) is 10.5 Å². The van der Waals surface area contributed by atoms with Gasteiger partial charge in [-0.15, -0.1) is 0 Å². The van der Waals surface area contributed by atoms with Gasteiger partial charge in [-0.05, 0) is 24.3 Å². The van der Waals surface area contributed by atoms with Crippen LogP contribution in [-0.2, 0) is 9.53 Å².